The SMILES string of the molecule is CN=C(N)N.NC(N)=NCCCOCc1ccc(-n2cc3cc(-c4cc(CCCC(N)C5CC5)cc(Cl)c4F)[nH]c3nc2=O)cc1. The van der Waals surface area contributed by atoms with Gasteiger partial charge in [-0.15, -0.1) is 0 Å². The standard InChI is InChI=1S/C30H35ClFN7O2.C2H7N3/c31-24-14-19(3-1-4-25(33)20-7-8-20)13-23(27(24)32)26-15-21-16-39(30(40)38-28(21)37-26)22-9-5-18(6-10-22)17-41-12-2-11-36-29(34)35;1-5-2(3)4/h5-6,9-10,13-16,20,25H,1-4,7-8,11-12,17,33H2,(H4,34,35,36)(H,37,38,40);1H3,(H4,3,4,5). The van der Waals surface area contributed by atoms with Crippen LogP contribution in [0.2, 0.25) is 5.02 Å². The first-order valence-electron chi connectivity index (χ1n) is 15.1. The lowest BCUT2D eigenvalue weighted by Crippen LogP contribution is -2.23. The van der Waals surface area contributed by atoms with Crippen LogP contribution in [-0.2, 0) is 17.8 Å². The van der Waals surface area contributed by atoms with Gasteiger partial charge in [-0.25, -0.2) is 9.18 Å². The van der Waals surface area contributed by atoms with Crippen LogP contribution in [0.5, 0.6) is 0 Å². The van der Waals surface area contributed by atoms with Crippen LogP contribution in [0.3, 0.4) is 0 Å². The van der Waals surface area contributed by atoms with Crippen LogP contribution in [0.25, 0.3) is 28.0 Å². The number of H-pyrrole nitrogens is 1. The number of aliphatic imine (C=N–C) groups is 2. The van der Waals surface area contributed by atoms with Crippen molar-refractivity contribution in [3.63, 3.8) is 0 Å². The fourth-order valence-electron chi connectivity index (χ4n) is 4.93. The molecule has 2 aromatic heterocycles. The van der Waals surface area contributed by atoms with Crippen molar-refractivity contribution in [3.8, 4) is 16.9 Å². The monoisotopic (exact) mass is 652 g/mol. The summed E-state index contributed by atoms with van der Waals surface area (Å²) in [5, 5.41) is 0.733. The molecular weight excluding hydrogens is 611 g/mol. The highest BCUT2D eigenvalue weighted by Crippen LogP contribution is 2.34. The Morgan fingerprint density at radius 1 is 1.11 bits per heavy atom. The van der Waals surface area contributed by atoms with Gasteiger partial charge in [-0.05, 0) is 85.9 Å². The number of halogens is 2. The lowest BCUT2D eigenvalue weighted by Gasteiger charge is -2.11. The number of ether oxygens (including phenoxy) is 1. The maximum Gasteiger partial charge on any atom is 0.354 e. The Bertz CT molecular complexity index is 1720. The number of aryl methyl sites for hydroxylation is 1. The molecule has 0 bridgehead atoms. The first kappa shape index (κ1) is 34.4. The molecule has 246 valence electrons. The first-order chi connectivity index (χ1) is 22.0. The van der Waals surface area contributed by atoms with E-state index in [-0.39, 0.29) is 23.0 Å². The molecule has 14 heteroatoms. The fraction of sp³-hybridized carbons (Fsp3) is 0.375. The summed E-state index contributed by atoms with van der Waals surface area (Å²) in [6, 6.07) is 12.9. The van der Waals surface area contributed by atoms with E-state index in [0.29, 0.717) is 60.1 Å². The van der Waals surface area contributed by atoms with Crippen LogP contribution in [0, 0.1) is 11.7 Å². The van der Waals surface area contributed by atoms with Gasteiger partial charge in [-0.2, -0.15) is 4.98 Å². The summed E-state index contributed by atoms with van der Waals surface area (Å²) in [6.07, 6.45) is 7.46. The molecule has 5 rings (SSSR count). The highest BCUT2D eigenvalue weighted by Gasteiger charge is 2.27. The van der Waals surface area contributed by atoms with E-state index in [2.05, 4.69) is 20.0 Å². The minimum atomic E-state index is -0.513. The molecule has 11 N–H and O–H groups in total. The molecule has 1 saturated carbocycles. The third-order valence-electron chi connectivity index (χ3n) is 7.60. The van der Waals surface area contributed by atoms with Gasteiger partial charge in [0.05, 0.1) is 23.0 Å². The number of aromatic amines is 1. The predicted molar refractivity (Wildman–Crippen MR) is 182 cm³/mol. The average molecular weight is 653 g/mol. The number of hydrogen-bond acceptors (Lipinski definition) is 6. The van der Waals surface area contributed by atoms with Gasteiger partial charge in [0, 0.05) is 43.4 Å². The quantitative estimate of drug-likeness (QED) is 0.0714. The van der Waals surface area contributed by atoms with Crippen LogP contribution < -0.4 is 34.4 Å². The number of nitrogens with two attached hydrogens (primary N) is 5. The molecule has 2 heterocycles. The highest BCUT2D eigenvalue weighted by atomic mass is 35.5. The largest absolute Gasteiger partial charge is 0.377 e. The molecule has 1 fully saturated rings. The van der Waals surface area contributed by atoms with Crippen molar-refractivity contribution < 1.29 is 9.13 Å². The van der Waals surface area contributed by atoms with Gasteiger partial charge in [0.2, 0.25) is 0 Å². The summed E-state index contributed by atoms with van der Waals surface area (Å²) in [6.45, 7) is 1.47. The lowest BCUT2D eigenvalue weighted by molar-refractivity contribution is 0.120. The fourth-order valence-corrected chi connectivity index (χ4v) is 5.17. The number of aromatic nitrogens is 3. The van der Waals surface area contributed by atoms with Gasteiger partial charge < -0.3 is 38.4 Å². The molecule has 0 radical (unpaired) electrons. The molecule has 1 aliphatic rings. The molecule has 1 unspecified atom stereocenters. The van der Waals surface area contributed by atoms with Crippen LogP contribution in [0.4, 0.5) is 4.39 Å². The number of benzene rings is 2. The molecule has 12 nitrogen and oxygen atoms in total. The van der Waals surface area contributed by atoms with Crippen LogP contribution >= 0.6 is 11.6 Å². The molecule has 0 amide bonds. The molecule has 0 spiro atoms. The second-order valence-corrected chi connectivity index (χ2v) is 11.6. The van der Waals surface area contributed by atoms with Crippen molar-refractivity contribution in [1.82, 2.24) is 14.5 Å². The van der Waals surface area contributed by atoms with E-state index in [9.17, 15) is 4.79 Å². The molecule has 1 aliphatic carbocycles. The Morgan fingerprint density at radius 2 is 1.83 bits per heavy atom. The maximum absolute atomic E-state index is 15.1. The van der Waals surface area contributed by atoms with Gasteiger partial charge in [-0.3, -0.25) is 14.6 Å². The van der Waals surface area contributed by atoms with Crippen molar-refractivity contribution in [2.75, 3.05) is 20.2 Å². The van der Waals surface area contributed by atoms with Crippen LogP contribution in [-0.4, -0.2) is 52.7 Å². The Kier molecular flexibility index (Phi) is 12.1. The van der Waals surface area contributed by atoms with Gasteiger partial charge in [0.1, 0.15) is 5.65 Å². The molecule has 46 heavy (non-hydrogen) atoms. The summed E-state index contributed by atoms with van der Waals surface area (Å²) < 4.78 is 22.2. The van der Waals surface area contributed by atoms with E-state index in [0.717, 1.165) is 30.4 Å². The van der Waals surface area contributed by atoms with Crippen molar-refractivity contribution in [2.24, 2.45) is 44.6 Å². The Morgan fingerprint density at radius 3 is 2.48 bits per heavy atom. The minimum absolute atomic E-state index is 0.0630. The van der Waals surface area contributed by atoms with Crippen LogP contribution in [0.15, 0.2) is 63.4 Å². The number of hydrogen-bond donors (Lipinski definition) is 6. The third kappa shape index (κ3) is 9.77. The zero-order valence-electron chi connectivity index (χ0n) is 25.9. The van der Waals surface area contributed by atoms with Crippen molar-refractivity contribution >= 4 is 34.6 Å². The lowest BCUT2D eigenvalue weighted by atomic mass is 10.00. The summed E-state index contributed by atoms with van der Waals surface area (Å²) in [5.41, 5.74) is 29.8. The number of fused-ring (bicyclic) bond motifs is 1. The number of guanidine groups is 2. The molecule has 4 aromatic rings. The molecule has 2 aromatic carbocycles. The van der Waals surface area contributed by atoms with Gasteiger partial charge in [0.25, 0.3) is 0 Å². The van der Waals surface area contributed by atoms with E-state index >= 15 is 4.39 Å². The smallest absolute Gasteiger partial charge is 0.354 e. The maximum atomic E-state index is 15.1. The molecule has 0 saturated heterocycles. The zero-order valence-corrected chi connectivity index (χ0v) is 26.6. The summed E-state index contributed by atoms with van der Waals surface area (Å²) in [4.78, 5) is 27.4. The van der Waals surface area contributed by atoms with E-state index < -0.39 is 11.5 Å². The van der Waals surface area contributed by atoms with E-state index in [1.165, 1.54) is 24.5 Å². The molecular formula is C32H42ClFN10O2. The van der Waals surface area contributed by atoms with E-state index in [1.54, 1.807) is 18.3 Å². The van der Waals surface area contributed by atoms with Crippen molar-refractivity contribution in [2.45, 2.75) is 51.2 Å². The van der Waals surface area contributed by atoms with Gasteiger partial charge in [0.15, 0.2) is 17.7 Å². The average Bonchev–Trinajstić information content (AvgIpc) is 3.80. The van der Waals surface area contributed by atoms with Gasteiger partial charge in [-0.1, -0.05) is 23.7 Å². The first-order valence-corrected chi connectivity index (χ1v) is 15.5. The number of nitrogens with zero attached hydrogens (tertiary/aromatic N) is 4. The number of rotatable bonds is 13. The second-order valence-electron chi connectivity index (χ2n) is 11.2. The van der Waals surface area contributed by atoms with E-state index in [1.807, 2.05) is 30.3 Å². The molecule has 0 aliphatic heterocycles. The minimum Gasteiger partial charge on any atom is -0.377 e. The topological polar surface area (TPSA) is 215 Å². The second kappa shape index (κ2) is 16.2. The van der Waals surface area contributed by atoms with E-state index in [4.69, 9.17) is 45.0 Å². The van der Waals surface area contributed by atoms with Crippen molar-refractivity contribution in [3.05, 3.63) is 81.1 Å². The summed E-state index contributed by atoms with van der Waals surface area (Å²) in [7, 11) is 1.54. The van der Waals surface area contributed by atoms with Gasteiger partial charge >= 0.3 is 5.69 Å². The van der Waals surface area contributed by atoms with Crippen molar-refractivity contribution in [1.29, 1.82) is 0 Å². The Hall–Kier alpha value is -4.46. The Labute approximate surface area is 271 Å². The zero-order chi connectivity index (χ0) is 33.2. The highest BCUT2D eigenvalue weighted by molar-refractivity contribution is 6.31. The third-order valence-corrected chi connectivity index (χ3v) is 7.87. The Balaban J connectivity index is 0.000000892. The summed E-state index contributed by atoms with van der Waals surface area (Å²) in [5.74, 6) is 0.340. The predicted octanol–water partition coefficient (Wildman–Crippen LogP) is 3.30. The normalized spacial score (nSPS) is 13.1. The molecule has 1 atom stereocenters. The van der Waals surface area contributed by atoms with Crippen LogP contribution in [0.1, 0.15) is 43.2 Å². The number of nitrogens with one attached hydrogen (secondary N) is 1. The summed E-state index contributed by atoms with van der Waals surface area (Å²) >= 11 is 6.27.